The fourth-order valence-electron chi connectivity index (χ4n) is 1.77. The molecule has 1 rings (SSSR count). The Balaban J connectivity index is 2.76. The lowest BCUT2D eigenvalue weighted by Gasteiger charge is -2.14. The van der Waals surface area contributed by atoms with Gasteiger partial charge in [-0.3, -0.25) is 0 Å². The molecule has 0 aliphatic rings. The summed E-state index contributed by atoms with van der Waals surface area (Å²) >= 11 is 0. The molecule has 19 heavy (non-hydrogen) atoms. The van der Waals surface area contributed by atoms with E-state index in [4.69, 9.17) is 0 Å². The van der Waals surface area contributed by atoms with Crippen LogP contribution in [-0.2, 0) is 10.0 Å². The number of benzene rings is 1. The average molecular weight is 289 g/mol. The Kier molecular flexibility index (Phi) is 5.46. The number of halogens is 1. The van der Waals surface area contributed by atoms with Gasteiger partial charge in [0.15, 0.2) is 0 Å². The molecular formula is C13H20FNO3S. The van der Waals surface area contributed by atoms with Crippen LogP contribution >= 0.6 is 0 Å². The molecule has 6 heteroatoms. The molecule has 0 saturated carbocycles. The predicted octanol–water partition coefficient (Wildman–Crippen LogP) is 1.82. The van der Waals surface area contributed by atoms with E-state index in [9.17, 15) is 17.9 Å². The molecule has 4 nitrogen and oxygen atoms in total. The van der Waals surface area contributed by atoms with Crippen LogP contribution in [0.3, 0.4) is 0 Å². The fourth-order valence-corrected chi connectivity index (χ4v) is 2.96. The van der Waals surface area contributed by atoms with E-state index in [1.807, 2.05) is 13.8 Å². The van der Waals surface area contributed by atoms with E-state index in [-0.39, 0.29) is 17.4 Å². The minimum absolute atomic E-state index is 0.0733. The predicted molar refractivity (Wildman–Crippen MR) is 71.8 cm³/mol. The maximum atomic E-state index is 13.2. The molecule has 0 aliphatic heterocycles. The van der Waals surface area contributed by atoms with Crippen LogP contribution in [0, 0.1) is 18.7 Å². The molecule has 0 aromatic heterocycles. The summed E-state index contributed by atoms with van der Waals surface area (Å²) in [6.07, 6.45) is -0.241. The third kappa shape index (κ3) is 5.26. The molecule has 1 unspecified atom stereocenters. The summed E-state index contributed by atoms with van der Waals surface area (Å²) in [5.41, 5.74) is 0.531. The number of aliphatic hydroxyl groups is 1. The highest BCUT2D eigenvalue weighted by Gasteiger charge is 2.17. The Morgan fingerprint density at radius 2 is 1.95 bits per heavy atom. The molecule has 1 atom stereocenters. The number of aliphatic hydroxyl groups excluding tert-OH is 1. The SMILES string of the molecule is Cc1cc(F)cc(S(=O)(=O)NCC(O)CC(C)C)c1. The van der Waals surface area contributed by atoms with Gasteiger partial charge in [-0.25, -0.2) is 17.5 Å². The van der Waals surface area contributed by atoms with E-state index in [0.29, 0.717) is 12.0 Å². The zero-order valence-electron chi connectivity index (χ0n) is 11.4. The van der Waals surface area contributed by atoms with Crippen molar-refractivity contribution in [3.05, 3.63) is 29.6 Å². The van der Waals surface area contributed by atoms with Crippen molar-refractivity contribution < 1.29 is 17.9 Å². The van der Waals surface area contributed by atoms with Gasteiger partial charge in [0, 0.05) is 6.54 Å². The number of hydrogen-bond donors (Lipinski definition) is 2. The molecule has 0 amide bonds. The molecule has 2 N–H and O–H groups in total. The molecule has 0 bridgehead atoms. The first-order valence-electron chi connectivity index (χ1n) is 6.15. The van der Waals surface area contributed by atoms with Gasteiger partial charge in [0.1, 0.15) is 5.82 Å². The summed E-state index contributed by atoms with van der Waals surface area (Å²) in [7, 11) is -3.79. The number of nitrogens with one attached hydrogen (secondary N) is 1. The molecular weight excluding hydrogens is 269 g/mol. The van der Waals surface area contributed by atoms with E-state index in [1.165, 1.54) is 12.1 Å². The van der Waals surface area contributed by atoms with E-state index in [0.717, 1.165) is 6.07 Å². The van der Waals surface area contributed by atoms with E-state index in [2.05, 4.69) is 4.72 Å². The van der Waals surface area contributed by atoms with Crippen LogP contribution in [0.1, 0.15) is 25.8 Å². The van der Waals surface area contributed by atoms with Gasteiger partial charge in [-0.1, -0.05) is 13.8 Å². The first-order valence-corrected chi connectivity index (χ1v) is 7.64. The van der Waals surface area contributed by atoms with Crippen molar-refractivity contribution in [1.82, 2.24) is 4.72 Å². The largest absolute Gasteiger partial charge is 0.392 e. The minimum atomic E-state index is -3.79. The van der Waals surface area contributed by atoms with E-state index >= 15 is 0 Å². The van der Waals surface area contributed by atoms with Gasteiger partial charge in [0.25, 0.3) is 0 Å². The lowest BCUT2D eigenvalue weighted by Crippen LogP contribution is -2.32. The first-order chi connectivity index (χ1) is 8.70. The molecule has 0 heterocycles. The molecule has 0 radical (unpaired) electrons. The average Bonchev–Trinajstić information content (AvgIpc) is 2.24. The summed E-state index contributed by atoms with van der Waals surface area (Å²) in [6.45, 7) is 5.42. The normalized spacial score (nSPS) is 13.8. The van der Waals surface area contributed by atoms with Crippen molar-refractivity contribution in [2.24, 2.45) is 5.92 Å². The second-order valence-electron chi connectivity index (χ2n) is 5.10. The minimum Gasteiger partial charge on any atom is -0.392 e. The third-order valence-electron chi connectivity index (χ3n) is 2.58. The molecule has 1 aromatic rings. The van der Waals surface area contributed by atoms with Gasteiger partial charge in [-0.05, 0) is 43.0 Å². The van der Waals surface area contributed by atoms with Crippen molar-refractivity contribution in [3.8, 4) is 0 Å². The quantitative estimate of drug-likeness (QED) is 0.839. The van der Waals surface area contributed by atoms with Gasteiger partial charge in [0.05, 0.1) is 11.0 Å². The molecule has 0 fully saturated rings. The highest BCUT2D eigenvalue weighted by molar-refractivity contribution is 7.89. The Morgan fingerprint density at radius 1 is 1.32 bits per heavy atom. The van der Waals surface area contributed by atoms with Crippen LogP contribution in [0.15, 0.2) is 23.1 Å². The summed E-state index contributed by atoms with van der Waals surface area (Å²) in [6, 6.07) is 3.61. The zero-order valence-corrected chi connectivity index (χ0v) is 12.2. The van der Waals surface area contributed by atoms with Crippen molar-refractivity contribution in [3.63, 3.8) is 0 Å². The standard InChI is InChI=1S/C13H20FNO3S/c1-9(2)4-12(16)8-15-19(17,18)13-6-10(3)5-11(14)7-13/h5-7,9,12,15-16H,4,8H2,1-3H3. The summed E-state index contributed by atoms with van der Waals surface area (Å²) in [5, 5.41) is 9.64. The van der Waals surface area contributed by atoms with Crippen LogP contribution in [-0.4, -0.2) is 26.2 Å². The second kappa shape index (κ2) is 6.45. The lowest BCUT2D eigenvalue weighted by molar-refractivity contribution is 0.152. The number of rotatable bonds is 6. The van der Waals surface area contributed by atoms with Crippen LogP contribution < -0.4 is 4.72 Å². The Bertz CT molecular complexity index is 508. The Labute approximate surface area is 113 Å². The van der Waals surface area contributed by atoms with Crippen molar-refractivity contribution in [2.75, 3.05) is 6.54 Å². The lowest BCUT2D eigenvalue weighted by atomic mass is 10.1. The van der Waals surface area contributed by atoms with Crippen molar-refractivity contribution in [2.45, 2.75) is 38.2 Å². The van der Waals surface area contributed by atoms with Gasteiger partial charge in [0.2, 0.25) is 10.0 Å². The Morgan fingerprint density at radius 3 is 2.47 bits per heavy atom. The number of sulfonamides is 1. The monoisotopic (exact) mass is 289 g/mol. The highest BCUT2D eigenvalue weighted by atomic mass is 32.2. The number of hydrogen-bond acceptors (Lipinski definition) is 3. The summed E-state index contributed by atoms with van der Waals surface area (Å²) in [5.74, 6) is -0.320. The zero-order chi connectivity index (χ0) is 14.6. The van der Waals surface area contributed by atoms with Crippen LogP contribution in [0.4, 0.5) is 4.39 Å². The van der Waals surface area contributed by atoms with Crippen LogP contribution in [0.2, 0.25) is 0 Å². The first kappa shape index (κ1) is 16.1. The maximum Gasteiger partial charge on any atom is 0.240 e. The van der Waals surface area contributed by atoms with Gasteiger partial charge in [-0.2, -0.15) is 0 Å². The fraction of sp³-hybridized carbons (Fsp3) is 0.538. The van der Waals surface area contributed by atoms with Crippen molar-refractivity contribution >= 4 is 10.0 Å². The summed E-state index contributed by atoms with van der Waals surface area (Å²) in [4.78, 5) is -0.123. The second-order valence-corrected chi connectivity index (χ2v) is 6.87. The smallest absolute Gasteiger partial charge is 0.240 e. The topological polar surface area (TPSA) is 66.4 Å². The van der Waals surface area contributed by atoms with E-state index in [1.54, 1.807) is 6.92 Å². The molecule has 108 valence electrons. The molecule has 0 spiro atoms. The van der Waals surface area contributed by atoms with Gasteiger partial charge >= 0.3 is 0 Å². The molecule has 0 saturated heterocycles. The number of aryl methyl sites for hydroxylation is 1. The maximum absolute atomic E-state index is 13.2. The highest BCUT2D eigenvalue weighted by Crippen LogP contribution is 2.14. The van der Waals surface area contributed by atoms with Gasteiger partial charge in [-0.15, -0.1) is 0 Å². The van der Waals surface area contributed by atoms with E-state index < -0.39 is 21.9 Å². The summed E-state index contributed by atoms with van der Waals surface area (Å²) < 4.78 is 39.4. The van der Waals surface area contributed by atoms with Crippen LogP contribution in [0.25, 0.3) is 0 Å². The molecule has 0 aliphatic carbocycles. The van der Waals surface area contributed by atoms with Gasteiger partial charge < -0.3 is 5.11 Å². The third-order valence-corrected chi connectivity index (χ3v) is 3.98. The molecule has 1 aromatic carbocycles. The van der Waals surface area contributed by atoms with Crippen LogP contribution in [0.5, 0.6) is 0 Å². The Hall–Kier alpha value is -0.980. The van der Waals surface area contributed by atoms with Crippen molar-refractivity contribution in [1.29, 1.82) is 0 Å².